The van der Waals surface area contributed by atoms with Crippen LogP contribution in [0, 0.1) is 5.92 Å². The van der Waals surface area contributed by atoms with Gasteiger partial charge < -0.3 is 10.2 Å². The van der Waals surface area contributed by atoms with Gasteiger partial charge in [0, 0.05) is 25.3 Å². The fourth-order valence-corrected chi connectivity index (χ4v) is 2.60. The molecular weight excluding hydrogens is 282 g/mol. The van der Waals surface area contributed by atoms with E-state index >= 15 is 0 Å². The van der Waals surface area contributed by atoms with Crippen molar-refractivity contribution in [1.29, 1.82) is 0 Å². The van der Waals surface area contributed by atoms with Crippen LogP contribution in [0.2, 0.25) is 5.02 Å². The molecule has 0 atom stereocenters. The van der Waals surface area contributed by atoms with E-state index in [0.717, 1.165) is 48.4 Å². The number of halogens is 1. The van der Waals surface area contributed by atoms with E-state index in [-0.39, 0.29) is 0 Å². The van der Waals surface area contributed by atoms with E-state index in [0.29, 0.717) is 6.04 Å². The van der Waals surface area contributed by atoms with E-state index in [1.807, 2.05) is 6.20 Å². The van der Waals surface area contributed by atoms with Crippen molar-refractivity contribution in [2.24, 2.45) is 5.92 Å². The highest BCUT2D eigenvalue weighted by molar-refractivity contribution is 6.31. The molecule has 118 valence electrons. The van der Waals surface area contributed by atoms with Crippen molar-refractivity contribution < 1.29 is 0 Å². The Morgan fingerprint density at radius 2 is 2.19 bits per heavy atom. The van der Waals surface area contributed by atoms with Crippen LogP contribution in [0.3, 0.4) is 0 Å². The van der Waals surface area contributed by atoms with Gasteiger partial charge in [0.25, 0.3) is 0 Å². The van der Waals surface area contributed by atoms with Crippen molar-refractivity contribution in [3.63, 3.8) is 0 Å². The third-order valence-corrected chi connectivity index (χ3v) is 4.23. The van der Waals surface area contributed by atoms with E-state index in [2.05, 4.69) is 42.0 Å². The maximum absolute atomic E-state index is 6.28. The lowest BCUT2D eigenvalue weighted by Gasteiger charge is -2.25. The Hall–Kier alpha value is -0.800. The van der Waals surface area contributed by atoms with Gasteiger partial charge in [-0.3, -0.25) is 0 Å². The Balaban J connectivity index is 2.07. The fourth-order valence-electron chi connectivity index (χ4n) is 2.43. The molecule has 0 aliphatic heterocycles. The van der Waals surface area contributed by atoms with Crippen molar-refractivity contribution in [1.82, 2.24) is 10.3 Å². The van der Waals surface area contributed by atoms with Crippen molar-refractivity contribution >= 4 is 17.4 Å². The van der Waals surface area contributed by atoms with Crippen LogP contribution in [0.5, 0.6) is 0 Å². The summed E-state index contributed by atoms with van der Waals surface area (Å²) in [7, 11) is 0. The van der Waals surface area contributed by atoms with Crippen LogP contribution in [0.4, 0.5) is 5.82 Å². The van der Waals surface area contributed by atoms with Crippen molar-refractivity contribution in [2.45, 2.75) is 59.0 Å². The van der Waals surface area contributed by atoms with Crippen molar-refractivity contribution in [3.8, 4) is 0 Å². The zero-order valence-corrected chi connectivity index (χ0v) is 14.3. The summed E-state index contributed by atoms with van der Waals surface area (Å²) < 4.78 is 0. The molecule has 1 saturated carbocycles. The standard InChI is InChI=1S/C17H28ClN3/c1-4-8-19-11-14-10-17(20-12-16(14)18)21(15-5-6-15)9-7-13(2)3/h10,12-13,15,19H,4-9,11H2,1-3H3. The molecule has 0 spiro atoms. The molecule has 3 nitrogen and oxygen atoms in total. The Morgan fingerprint density at radius 3 is 2.81 bits per heavy atom. The molecule has 1 heterocycles. The minimum Gasteiger partial charge on any atom is -0.354 e. The number of nitrogens with zero attached hydrogens (tertiary/aromatic N) is 2. The normalized spacial score (nSPS) is 14.7. The quantitative estimate of drug-likeness (QED) is 0.691. The summed E-state index contributed by atoms with van der Waals surface area (Å²) in [5, 5.41) is 4.19. The maximum atomic E-state index is 6.28. The van der Waals surface area contributed by atoms with Crippen LogP contribution in [0.25, 0.3) is 0 Å². The first-order chi connectivity index (χ1) is 10.1. The second kappa shape index (κ2) is 8.00. The minimum absolute atomic E-state index is 0.689. The lowest BCUT2D eigenvalue weighted by Crippen LogP contribution is -2.29. The van der Waals surface area contributed by atoms with Gasteiger partial charge in [-0.15, -0.1) is 0 Å². The fraction of sp³-hybridized carbons (Fsp3) is 0.706. The van der Waals surface area contributed by atoms with E-state index in [1.165, 1.54) is 19.3 Å². The van der Waals surface area contributed by atoms with Gasteiger partial charge in [0.1, 0.15) is 5.82 Å². The number of aromatic nitrogens is 1. The van der Waals surface area contributed by atoms with Gasteiger partial charge in [-0.25, -0.2) is 4.98 Å². The molecule has 1 fully saturated rings. The molecule has 1 aromatic rings. The number of pyridine rings is 1. The molecule has 2 rings (SSSR count). The highest BCUT2D eigenvalue weighted by Gasteiger charge is 2.30. The largest absolute Gasteiger partial charge is 0.354 e. The average Bonchev–Trinajstić information content (AvgIpc) is 3.26. The third kappa shape index (κ3) is 5.15. The number of rotatable bonds is 9. The molecule has 1 aliphatic rings. The maximum Gasteiger partial charge on any atom is 0.129 e. The van der Waals surface area contributed by atoms with E-state index < -0.39 is 0 Å². The van der Waals surface area contributed by atoms with Crippen LogP contribution in [-0.4, -0.2) is 24.1 Å². The van der Waals surface area contributed by atoms with E-state index in [1.54, 1.807) is 0 Å². The summed E-state index contributed by atoms with van der Waals surface area (Å²) in [5.41, 5.74) is 1.16. The predicted octanol–water partition coefficient (Wildman–Crippen LogP) is 4.25. The minimum atomic E-state index is 0.689. The Bertz CT molecular complexity index is 444. The Labute approximate surface area is 134 Å². The summed E-state index contributed by atoms with van der Waals surface area (Å²) in [5.74, 6) is 1.82. The second-order valence-electron chi connectivity index (χ2n) is 6.42. The van der Waals surface area contributed by atoms with Crippen LogP contribution in [0.1, 0.15) is 52.0 Å². The highest BCUT2D eigenvalue weighted by Crippen LogP contribution is 2.32. The van der Waals surface area contributed by atoms with Crippen molar-refractivity contribution in [2.75, 3.05) is 18.0 Å². The molecule has 0 bridgehead atoms. The number of hydrogen-bond acceptors (Lipinski definition) is 3. The van der Waals surface area contributed by atoms with Crippen LogP contribution < -0.4 is 10.2 Å². The highest BCUT2D eigenvalue weighted by atomic mass is 35.5. The van der Waals surface area contributed by atoms with Gasteiger partial charge in [0.05, 0.1) is 5.02 Å². The molecule has 0 radical (unpaired) electrons. The molecule has 1 aliphatic carbocycles. The molecule has 0 unspecified atom stereocenters. The molecule has 4 heteroatoms. The molecule has 0 saturated heterocycles. The number of hydrogen-bond donors (Lipinski definition) is 1. The summed E-state index contributed by atoms with van der Waals surface area (Å²) in [6.07, 6.45) is 6.75. The first-order valence-corrected chi connectivity index (χ1v) is 8.61. The third-order valence-electron chi connectivity index (χ3n) is 3.89. The first-order valence-electron chi connectivity index (χ1n) is 8.23. The monoisotopic (exact) mass is 309 g/mol. The number of anilines is 1. The van der Waals surface area contributed by atoms with Gasteiger partial charge in [0.2, 0.25) is 0 Å². The van der Waals surface area contributed by atoms with E-state index in [4.69, 9.17) is 11.6 Å². The predicted molar refractivity (Wildman–Crippen MR) is 91.1 cm³/mol. The molecule has 0 amide bonds. The molecule has 1 N–H and O–H groups in total. The number of nitrogens with one attached hydrogen (secondary N) is 1. The summed E-state index contributed by atoms with van der Waals surface area (Å²) >= 11 is 6.28. The van der Waals surface area contributed by atoms with E-state index in [9.17, 15) is 0 Å². The lowest BCUT2D eigenvalue weighted by atomic mass is 10.1. The second-order valence-corrected chi connectivity index (χ2v) is 6.82. The zero-order valence-electron chi connectivity index (χ0n) is 13.5. The van der Waals surface area contributed by atoms with Crippen LogP contribution >= 0.6 is 11.6 Å². The average molecular weight is 310 g/mol. The van der Waals surface area contributed by atoms with Gasteiger partial charge in [-0.1, -0.05) is 32.4 Å². The van der Waals surface area contributed by atoms with Crippen LogP contribution in [-0.2, 0) is 6.54 Å². The molecular formula is C17H28ClN3. The van der Waals surface area contributed by atoms with Gasteiger partial charge in [-0.05, 0) is 49.8 Å². The zero-order chi connectivity index (χ0) is 15.2. The lowest BCUT2D eigenvalue weighted by molar-refractivity contribution is 0.568. The van der Waals surface area contributed by atoms with Gasteiger partial charge >= 0.3 is 0 Å². The summed E-state index contributed by atoms with van der Waals surface area (Å²) in [6, 6.07) is 2.86. The molecule has 0 aromatic carbocycles. The smallest absolute Gasteiger partial charge is 0.129 e. The van der Waals surface area contributed by atoms with Gasteiger partial charge in [0.15, 0.2) is 0 Å². The summed E-state index contributed by atoms with van der Waals surface area (Å²) in [4.78, 5) is 7.04. The molecule has 1 aromatic heterocycles. The SMILES string of the molecule is CCCNCc1cc(N(CCC(C)C)C2CC2)ncc1Cl. The topological polar surface area (TPSA) is 28.2 Å². The van der Waals surface area contributed by atoms with Crippen LogP contribution in [0.15, 0.2) is 12.3 Å². The molecule has 21 heavy (non-hydrogen) atoms. The first kappa shape index (κ1) is 16.6. The summed E-state index contributed by atoms with van der Waals surface area (Å²) in [6.45, 7) is 9.67. The Kier molecular flexibility index (Phi) is 6.31. The van der Waals surface area contributed by atoms with Gasteiger partial charge in [-0.2, -0.15) is 0 Å². The Morgan fingerprint density at radius 1 is 1.43 bits per heavy atom. The van der Waals surface area contributed by atoms with Crippen molar-refractivity contribution in [3.05, 3.63) is 22.8 Å².